The predicted molar refractivity (Wildman–Crippen MR) is 68.7 cm³/mol. The summed E-state index contributed by atoms with van der Waals surface area (Å²) in [6, 6.07) is 0. The largest absolute Gasteiger partial charge is 0.161 e. The minimum atomic E-state index is 0.674. The van der Waals surface area contributed by atoms with Gasteiger partial charge in [0.2, 0.25) is 0 Å². The van der Waals surface area contributed by atoms with Gasteiger partial charge in [-0.1, -0.05) is 26.8 Å². The highest BCUT2D eigenvalue weighted by Crippen LogP contribution is 2.29. The quantitative estimate of drug-likeness (QED) is 0.674. The van der Waals surface area contributed by atoms with Gasteiger partial charge in [-0.3, -0.25) is 0 Å². The summed E-state index contributed by atoms with van der Waals surface area (Å²) in [4.78, 5) is 1.14. The topological polar surface area (TPSA) is 0 Å². The van der Waals surface area contributed by atoms with Crippen molar-refractivity contribution in [2.45, 2.75) is 39.4 Å². The molecule has 0 spiro atoms. The van der Waals surface area contributed by atoms with Crippen LogP contribution in [0.4, 0.5) is 0 Å². The highest BCUT2D eigenvalue weighted by molar-refractivity contribution is 7.99. The Morgan fingerprint density at radius 1 is 1.46 bits per heavy atom. The summed E-state index contributed by atoms with van der Waals surface area (Å²) >= 11 is 6.32. The smallest absolute Gasteiger partial charge is 0.0130 e. The standard InChI is InChI=1S/C11H22S2/c1-6-10(7-9(4)12)11(13-5)8(2)3/h7-8,10-12H,6H2,1-5H3/b9-7+. The van der Waals surface area contributed by atoms with Crippen molar-refractivity contribution in [1.82, 2.24) is 0 Å². The van der Waals surface area contributed by atoms with Gasteiger partial charge in [0.25, 0.3) is 0 Å². The maximum atomic E-state index is 4.35. The lowest BCUT2D eigenvalue weighted by atomic mass is 9.93. The van der Waals surface area contributed by atoms with E-state index < -0.39 is 0 Å². The van der Waals surface area contributed by atoms with Crippen molar-refractivity contribution in [1.29, 1.82) is 0 Å². The highest BCUT2D eigenvalue weighted by Gasteiger charge is 2.20. The first-order chi connectivity index (χ1) is 6.02. The molecule has 0 aliphatic heterocycles. The average Bonchev–Trinajstić information content (AvgIpc) is 2.02. The number of allylic oxidation sites excluding steroid dienone is 2. The maximum Gasteiger partial charge on any atom is 0.0130 e. The highest BCUT2D eigenvalue weighted by atomic mass is 32.2. The summed E-state index contributed by atoms with van der Waals surface area (Å²) < 4.78 is 0. The Morgan fingerprint density at radius 3 is 2.23 bits per heavy atom. The van der Waals surface area contributed by atoms with E-state index in [-0.39, 0.29) is 0 Å². The van der Waals surface area contributed by atoms with E-state index in [9.17, 15) is 0 Å². The van der Waals surface area contributed by atoms with Crippen LogP contribution in [-0.4, -0.2) is 11.5 Å². The molecule has 0 aliphatic rings. The fraction of sp³-hybridized carbons (Fsp3) is 0.818. The van der Waals surface area contributed by atoms with E-state index in [0.717, 1.165) is 16.1 Å². The summed E-state index contributed by atoms with van der Waals surface area (Å²) in [6.45, 7) is 8.91. The first-order valence-electron chi connectivity index (χ1n) is 4.93. The maximum absolute atomic E-state index is 4.35. The van der Waals surface area contributed by atoms with Crippen LogP contribution in [-0.2, 0) is 0 Å². The van der Waals surface area contributed by atoms with Crippen molar-refractivity contribution in [3.63, 3.8) is 0 Å². The van der Waals surface area contributed by atoms with Gasteiger partial charge in [-0.2, -0.15) is 11.8 Å². The zero-order chi connectivity index (χ0) is 10.4. The minimum Gasteiger partial charge on any atom is -0.161 e. The number of hydrogen-bond acceptors (Lipinski definition) is 2. The zero-order valence-electron chi connectivity index (χ0n) is 9.37. The van der Waals surface area contributed by atoms with Crippen molar-refractivity contribution in [2.75, 3.05) is 6.26 Å². The van der Waals surface area contributed by atoms with Gasteiger partial charge in [0.15, 0.2) is 0 Å². The van der Waals surface area contributed by atoms with Crippen LogP contribution in [0.5, 0.6) is 0 Å². The molecule has 0 N–H and O–H groups in total. The molecule has 0 saturated carbocycles. The first-order valence-corrected chi connectivity index (χ1v) is 6.66. The number of hydrogen-bond donors (Lipinski definition) is 1. The number of thiol groups is 1. The van der Waals surface area contributed by atoms with Crippen LogP contribution in [0.15, 0.2) is 11.0 Å². The van der Waals surface area contributed by atoms with Gasteiger partial charge < -0.3 is 0 Å². The lowest BCUT2D eigenvalue weighted by molar-refractivity contribution is 0.482. The molecule has 2 atom stereocenters. The van der Waals surface area contributed by atoms with Crippen LogP contribution in [0.2, 0.25) is 0 Å². The Balaban J connectivity index is 4.43. The molecule has 0 aromatic carbocycles. The zero-order valence-corrected chi connectivity index (χ0v) is 11.1. The summed E-state index contributed by atoms with van der Waals surface area (Å²) in [6.07, 6.45) is 5.71. The van der Waals surface area contributed by atoms with Gasteiger partial charge in [0, 0.05) is 5.25 Å². The van der Waals surface area contributed by atoms with Gasteiger partial charge in [-0.15, -0.1) is 12.6 Å². The second-order valence-corrected chi connectivity index (χ2v) is 5.55. The molecule has 2 heteroatoms. The molecule has 0 amide bonds. The first kappa shape index (κ1) is 13.4. The van der Waals surface area contributed by atoms with Crippen LogP contribution in [0.1, 0.15) is 34.1 Å². The molecule has 0 heterocycles. The van der Waals surface area contributed by atoms with Gasteiger partial charge >= 0.3 is 0 Å². The van der Waals surface area contributed by atoms with Gasteiger partial charge in [-0.25, -0.2) is 0 Å². The van der Waals surface area contributed by atoms with Crippen molar-refractivity contribution in [2.24, 2.45) is 11.8 Å². The van der Waals surface area contributed by atoms with E-state index in [4.69, 9.17) is 0 Å². The average molecular weight is 218 g/mol. The van der Waals surface area contributed by atoms with E-state index in [1.165, 1.54) is 6.42 Å². The second kappa shape index (κ2) is 6.83. The Hall–Kier alpha value is 0.440. The molecule has 13 heavy (non-hydrogen) atoms. The van der Waals surface area contributed by atoms with Gasteiger partial charge in [0.05, 0.1) is 0 Å². The summed E-state index contributed by atoms with van der Waals surface area (Å²) in [5.41, 5.74) is 0. The molecular weight excluding hydrogens is 196 g/mol. The number of thioether (sulfide) groups is 1. The van der Waals surface area contributed by atoms with E-state index in [2.05, 4.69) is 52.7 Å². The van der Waals surface area contributed by atoms with Crippen LogP contribution in [0, 0.1) is 11.8 Å². The van der Waals surface area contributed by atoms with Gasteiger partial charge in [-0.05, 0) is 36.3 Å². The summed E-state index contributed by atoms with van der Waals surface area (Å²) in [5.74, 6) is 1.41. The van der Waals surface area contributed by atoms with Gasteiger partial charge in [0.1, 0.15) is 0 Å². The van der Waals surface area contributed by atoms with E-state index in [0.29, 0.717) is 5.92 Å². The van der Waals surface area contributed by atoms with Crippen molar-refractivity contribution in [3.8, 4) is 0 Å². The minimum absolute atomic E-state index is 0.674. The Bertz CT molecular complexity index is 157. The van der Waals surface area contributed by atoms with Crippen LogP contribution >= 0.6 is 24.4 Å². The molecule has 0 saturated heterocycles. The fourth-order valence-corrected chi connectivity index (χ4v) is 3.05. The molecule has 0 aromatic rings. The van der Waals surface area contributed by atoms with Crippen molar-refractivity contribution < 1.29 is 0 Å². The van der Waals surface area contributed by atoms with Crippen LogP contribution < -0.4 is 0 Å². The lowest BCUT2D eigenvalue weighted by Gasteiger charge is -2.25. The molecule has 0 aliphatic carbocycles. The van der Waals surface area contributed by atoms with Crippen molar-refractivity contribution in [3.05, 3.63) is 11.0 Å². The molecular formula is C11H22S2. The molecule has 0 radical (unpaired) electrons. The summed E-state index contributed by atoms with van der Waals surface area (Å²) in [5, 5.41) is 0.729. The third-order valence-corrected chi connectivity index (χ3v) is 3.87. The lowest BCUT2D eigenvalue weighted by Crippen LogP contribution is -2.20. The van der Waals surface area contributed by atoms with E-state index >= 15 is 0 Å². The molecule has 0 aromatic heterocycles. The molecule has 0 rings (SSSR count). The fourth-order valence-electron chi connectivity index (χ4n) is 1.70. The molecule has 0 bridgehead atoms. The Morgan fingerprint density at radius 2 is 2.00 bits per heavy atom. The Labute approximate surface area is 93.0 Å². The Kier molecular flexibility index (Phi) is 7.06. The van der Waals surface area contributed by atoms with E-state index in [1.807, 2.05) is 11.8 Å². The van der Waals surface area contributed by atoms with E-state index in [1.54, 1.807) is 0 Å². The molecule has 2 unspecified atom stereocenters. The summed E-state index contributed by atoms with van der Waals surface area (Å²) in [7, 11) is 0. The van der Waals surface area contributed by atoms with Crippen molar-refractivity contribution >= 4 is 24.4 Å². The monoisotopic (exact) mass is 218 g/mol. The molecule has 78 valence electrons. The third kappa shape index (κ3) is 5.02. The molecule has 0 fully saturated rings. The predicted octanol–water partition coefficient (Wildman–Crippen LogP) is 4.23. The molecule has 0 nitrogen and oxygen atoms in total. The second-order valence-electron chi connectivity index (χ2n) is 3.82. The normalized spacial score (nSPS) is 17.6. The third-order valence-electron chi connectivity index (χ3n) is 2.28. The van der Waals surface area contributed by atoms with Crippen LogP contribution in [0.3, 0.4) is 0 Å². The van der Waals surface area contributed by atoms with Crippen LogP contribution in [0.25, 0.3) is 0 Å². The number of rotatable bonds is 5. The SMILES string of the molecule is CCC(/C=C(\C)S)C(SC)C(C)C.